The van der Waals surface area contributed by atoms with Crippen molar-refractivity contribution in [3.8, 4) is 0 Å². The zero-order valence-corrected chi connectivity index (χ0v) is 14.1. The molecule has 2 atom stereocenters. The first-order chi connectivity index (χ1) is 11.1. The van der Waals surface area contributed by atoms with Gasteiger partial charge in [-0.3, -0.25) is 4.79 Å². The number of thiazole rings is 1. The van der Waals surface area contributed by atoms with E-state index in [0.29, 0.717) is 27.6 Å². The van der Waals surface area contributed by atoms with Crippen LogP contribution in [0.25, 0.3) is 10.3 Å². The molecular formula is C15H22N4O3S. The van der Waals surface area contributed by atoms with Crippen LogP contribution in [0, 0.1) is 0 Å². The summed E-state index contributed by atoms with van der Waals surface area (Å²) in [6.07, 6.45) is 1.44. The highest BCUT2D eigenvalue weighted by Crippen LogP contribution is 2.22. The lowest BCUT2D eigenvalue weighted by Crippen LogP contribution is -2.36. The molecule has 0 aliphatic heterocycles. The molecule has 0 bridgehead atoms. The monoisotopic (exact) mass is 338 g/mol. The quantitative estimate of drug-likeness (QED) is 0.579. The number of rotatable bonds is 8. The number of amides is 1. The molecule has 0 aliphatic carbocycles. The van der Waals surface area contributed by atoms with Gasteiger partial charge in [0.15, 0.2) is 5.01 Å². The fourth-order valence-corrected chi connectivity index (χ4v) is 2.85. The van der Waals surface area contributed by atoms with Crippen molar-refractivity contribution in [1.29, 1.82) is 0 Å². The number of nitrogens with one attached hydrogen (secondary N) is 2. The number of carbonyl (C=O) groups excluding carboxylic acids is 1. The van der Waals surface area contributed by atoms with Crippen LogP contribution in [0.4, 0.5) is 5.82 Å². The molecular weight excluding hydrogens is 316 g/mol. The Hall–Kier alpha value is -1.77. The second-order valence-electron chi connectivity index (χ2n) is 5.23. The van der Waals surface area contributed by atoms with Gasteiger partial charge in [0.25, 0.3) is 5.91 Å². The Kier molecular flexibility index (Phi) is 6.26. The average Bonchev–Trinajstić information content (AvgIpc) is 3.00. The molecule has 7 nitrogen and oxygen atoms in total. The van der Waals surface area contributed by atoms with Gasteiger partial charge in [-0.05, 0) is 25.0 Å². The first kappa shape index (κ1) is 17.6. The molecule has 2 aromatic heterocycles. The van der Waals surface area contributed by atoms with Crippen molar-refractivity contribution < 1.29 is 15.0 Å². The number of nitrogens with zero attached hydrogens (tertiary/aromatic N) is 2. The molecule has 0 radical (unpaired) electrons. The summed E-state index contributed by atoms with van der Waals surface area (Å²) in [5.41, 5.74) is 0.653. The van der Waals surface area contributed by atoms with E-state index in [0.717, 1.165) is 6.42 Å². The minimum Gasteiger partial charge on any atom is -0.394 e. The van der Waals surface area contributed by atoms with E-state index in [4.69, 9.17) is 5.11 Å². The number of aromatic nitrogens is 2. The maximum absolute atomic E-state index is 12.1. The van der Waals surface area contributed by atoms with E-state index >= 15 is 0 Å². The fourth-order valence-electron chi connectivity index (χ4n) is 2.00. The molecule has 0 fully saturated rings. The predicted molar refractivity (Wildman–Crippen MR) is 90.8 cm³/mol. The third-order valence-electron chi connectivity index (χ3n) is 3.56. The van der Waals surface area contributed by atoms with Crippen LogP contribution in [0.2, 0.25) is 0 Å². The van der Waals surface area contributed by atoms with Gasteiger partial charge in [-0.25, -0.2) is 9.97 Å². The molecule has 0 saturated carbocycles. The lowest BCUT2D eigenvalue weighted by atomic mass is 10.2. The molecule has 8 heteroatoms. The Morgan fingerprint density at radius 2 is 1.87 bits per heavy atom. The SMILES string of the molecule is CCC(CO)NC(=O)c1nc2ccc(NC(CC)CO)nc2s1. The second-order valence-corrected chi connectivity index (χ2v) is 6.21. The minimum absolute atomic E-state index is 0.0339. The van der Waals surface area contributed by atoms with E-state index in [1.807, 2.05) is 13.8 Å². The maximum atomic E-state index is 12.1. The smallest absolute Gasteiger partial charge is 0.280 e. The summed E-state index contributed by atoms with van der Waals surface area (Å²) in [7, 11) is 0. The Labute approximate surface area is 138 Å². The summed E-state index contributed by atoms with van der Waals surface area (Å²) < 4.78 is 0. The normalized spacial score (nSPS) is 13.7. The predicted octanol–water partition coefficient (Wildman–Crippen LogP) is 1.37. The van der Waals surface area contributed by atoms with Gasteiger partial charge in [0.1, 0.15) is 16.2 Å². The maximum Gasteiger partial charge on any atom is 0.280 e. The molecule has 0 aromatic carbocycles. The summed E-state index contributed by atoms with van der Waals surface area (Å²) in [5, 5.41) is 24.6. The van der Waals surface area contributed by atoms with Gasteiger partial charge in [-0.1, -0.05) is 25.2 Å². The van der Waals surface area contributed by atoms with Crippen molar-refractivity contribution in [2.45, 2.75) is 38.8 Å². The Morgan fingerprint density at radius 1 is 1.17 bits per heavy atom. The van der Waals surface area contributed by atoms with Crippen molar-refractivity contribution in [1.82, 2.24) is 15.3 Å². The number of anilines is 1. The van der Waals surface area contributed by atoms with Gasteiger partial charge >= 0.3 is 0 Å². The van der Waals surface area contributed by atoms with Crippen LogP contribution in [0.3, 0.4) is 0 Å². The van der Waals surface area contributed by atoms with Gasteiger partial charge in [0.05, 0.1) is 25.3 Å². The lowest BCUT2D eigenvalue weighted by Gasteiger charge is -2.14. The Morgan fingerprint density at radius 3 is 2.48 bits per heavy atom. The van der Waals surface area contributed by atoms with Crippen LogP contribution >= 0.6 is 11.3 Å². The van der Waals surface area contributed by atoms with E-state index in [9.17, 15) is 9.90 Å². The van der Waals surface area contributed by atoms with Crippen molar-refractivity contribution in [3.63, 3.8) is 0 Å². The summed E-state index contributed by atoms with van der Waals surface area (Å²) in [4.78, 5) is 21.5. The molecule has 0 aliphatic rings. The summed E-state index contributed by atoms with van der Waals surface area (Å²) >= 11 is 1.21. The van der Waals surface area contributed by atoms with Crippen molar-refractivity contribution in [2.24, 2.45) is 0 Å². The molecule has 0 spiro atoms. The minimum atomic E-state index is -0.301. The molecule has 0 saturated heterocycles. The molecule has 1 amide bonds. The van der Waals surface area contributed by atoms with Gasteiger partial charge in [0, 0.05) is 0 Å². The number of hydrogen-bond donors (Lipinski definition) is 4. The molecule has 126 valence electrons. The third-order valence-corrected chi connectivity index (χ3v) is 4.53. The first-order valence-electron chi connectivity index (χ1n) is 7.67. The van der Waals surface area contributed by atoms with E-state index in [2.05, 4.69) is 20.6 Å². The molecule has 2 heterocycles. The van der Waals surface area contributed by atoms with E-state index < -0.39 is 0 Å². The topological polar surface area (TPSA) is 107 Å². The number of hydrogen-bond acceptors (Lipinski definition) is 7. The number of aliphatic hydroxyl groups is 2. The largest absolute Gasteiger partial charge is 0.394 e. The average molecular weight is 338 g/mol. The van der Waals surface area contributed by atoms with Crippen LogP contribution in [-0.2, 0) is 0 Å². The molecule has 4 N–H and O–H groups in total. The zero-order chi connectivity index (χ0) is 16.8. The number of fused-ring (bicyclic) bond motifs is 1. The van der Waals surface area contributed by atoms with Crippen LogP contribution in [0.5, 0.6) is 0 Å². The molecule has 2 unspecified atom stereocenters. The van der Waals surface area contributed by atoms with E-state index in [-0.39, 0.29) is 31.2 Å². The van der Waals surface area contributed by atoms with Crippen LogP contribution in [-0.4, -0.2) is 51.4 Å². The summed E-state index contributed by atoms with van der Waals surface area (Å²) in [6.45, 7) is 3.81. The highest BCUT2D eigenvalue weighted by Gasteiger charge is 2.16. The summed E-state index contributed by atoms with van der Waals surface area (Å²) in [5.74, 6) is 0.348. The van der Waals surface area contributed by atoms with Crippen LogP contribution in [0.15, 0.2) is 12.1 Å². The zero-order valence-electron chi connectivity index (χ0n) is 13.2. The number of carbonyl (C=O) groups is 1. The molecule has 2 rings (SSSR count). The van der Waals surface area contributed by atoms with Crippen molar-refractivity contribution in [3.05, 3.63) is 17.1 Å². The fraction of sp³-hybridized carbons (Fsp3) is 0.533. The van der Waals surface area contributed by atoms with E-state index in [1.165, 1.54) is 11.3 Å². The molecule has 2 aromatic rings. The van der Waals surface area contributed by atoms with E-state index in [1.54, 1.807) is 12.1 Å². The summed E-state index contributed by atoms with van der Waals surface area (Å²) in [6, 6.07) is 3.26. The number of aliphatic hydroxyl groups excluding tert-OH is 2. The van der Waals surface area contributed by atoms with Crippen LogP contribution in [0.1, 0.15) is 36.5 Å². The van der Waals surface area contributed by atoms with Crippen molar-refractivity contribution in [2.75, 3.05) is 18.5 Å². The standard InChI is InChI=1S/C15H22N4O3S/c1-3-9(7-20)16-12-6-5-11-14(19-12)23-15(18-11)13(22)17-10(4-2)8-21/h5-6,9-10,20-21H,3-4,7-8H2,1-2H3,(H,16,19)(H,17,22). The lowest BCUT2D eigenvalue weighted by molar-refractivity contribution is 0.0915. The van der Waals surface area contributed by atoms with Crippen LogP contribution < -0.4 is 10.6 Å². The highest BCUT2D eigenvalue weighted by atomic mass is 32.1. The van der Waals surface area contributed by atoms with Crippen molar-refractivity contribution >= 4 is 33.4 Å². The highest BCUT2D eigenvalue weighted by molar-refractivity contribution is 7.19. The van der Waals surface area contributed by atoms with Gasteiger partial charge in [-0.15, -0.1) is 0 Å². The van der Waals surface area contributed by atoms with Gasteiger partial charge in [0.2, 0.25) is 0 Å². The Bertz CT molecular complexity index is 653. The number of pyridine rings is 1. The first-order valence-corrected chi connectivity index (χ1v) is 8.49. The second kappa shape index (κ2) is 8.19. The van der Waals surface area contributed by atoms with Gasteiger partial charge < -0.3 is 20.8 Å². The molecule has 23 heavy (non-hydrogen) atoms. The van der Waals surface area contributed by atoms with Gasteiger partial charge in [-0.2, -0.15) is 0 Å². The Balaban J connectivity index is 2.17. The third kappa shape index (κ3) is 4.37.